The third-order valence-corrected chi connectivity index (χ3v) is 6.43. The Hall–Kier alpha value is -4.33. The van der Waals surface area contributed by atoms with Gasteiger partial charge in [0.05, 0.1) is 32.9 Å². The highest BCUT2D eigenvalue weighted by Gasteiger charge is 2.46. The van der Waals surface area contributed by atoms with Gasteiger partial charge >= 0.3 is 0 Å². The summed E-state index contributed by atoms with van der Waals surface area (Å²) in [4.78, 5) is 32.2. The Balaban J connectivity index is 1.96. The third-order valence-electron chi connectivity index (χ3n) is 6.43. The number of ether oxygens (including phenoxy) is 3. The second-order valence-corrected chi connectivity index (χ2v) is 8.54. The molecule has 2 heterocycles. The average molecular weight is 489 g/mol. The van der Waals surface area contributed by atoms with E-state index in [0.29, 0.717) is 28.4 Å². The summed E-state index contributed by atoms with van der Waals surface area (Å²) in [5.74, 6) is -0.606. The summed E-state index contributed by atoms with van der Waals surface area (Å²) < 4.78 is 16.5. The van der Waals surface area contributed by atoms with E-state index >= 15 is 0 Å². The van der Waals surface area contributed by atoms with Crippen LogP contribution in [0.25, 0.3) is 5.76 Å². The van der Waals surface area contributed by atoms with Gasteiger partial charge in [-0.25, -0.2) is 0 Å². The molecular formula is C28H28N2O6. The van der Waals surface area contributed by atoms with E-state index in [2.05, 4.69) is 4.98 Å². The smallest absolute Gasteiger partial charge is 0.295 e. The molecule has 1 saturated heterocycles. The number of Topliss-reactive ketones (excluding diaryl/α,β-unsaturated/α-hetero) is 1. The first kappa shape index (κ1) is 24.8. The molecule has 1 N–H and O–H groups in total. The van der Waals surface area contributed by atoms with Crippen LogP contribution in [0.1, 0.15) is 33.9 Å². The number of carbonyl (C=O) groups excluding carboxylic acids is 2. The lowest BCUT2D eigenvalue weighted by atomic mass is 9.93. The van der Waals surface area contributed by atoms with Crippen molar-refractivity contribution in [2.45, 2.75) is 26.4 Å². The van der Waals surface area contributed by atoms with E-state index in [1.165, 1.54) is 26.2 Å². The van der Waals surface area contributed by atoms with Gasteiger partial charge < -0.3 is 24.2 Å². The van der Waals surface area contributed by atoms with Crippen LogP contribution in [0.2, 0.25) is 0 Å². The van der Waals surface area contributed by atoms with Gasteiger partial charge in [0.1, 0.15) is 5.76 Å². The van der Waals surface area contributed by atoms with Gasteiger partial charge in [0.15, 0.2) is 11.5 Å². The van der Waals surface area contributed by atoms with Crippen LogP contribution in [0.15, 0.2) is 60.4 Å². The molecule has 186 valence electrons. The number of aryl methyl sites for hydroxylation is 2. The molecule has 8 nitrogen and oxygen atoms in total. The molecule has 1 fully saturated rings. The Bertz CT molecular complexity index is 1320. The predicted octanol–water partition coefficient (Wildman–Crippen LogP) is 4.35. The number of aliphatic hydroxyl groups is 1. The first-order valence-corrected chi connectivity index (χ1v) is 11.4. The van der Waals surface area contributed by atoms with E-state index in [1.807, 2.05) is 19.9 Å². The summed E-state index contributed by atoms with van der Waals surface area (Å²) in [5.41, 5.74) is 3.77. The number of aromatic nitrogens is 1. The van der Waals surface area contributed by atoms with Crippen molar-refractivity contribution in [3.63, 3.8) is 0 Å². The summed E-state index contributed by atoms with van der Waals surface area (Å²) in [6.07, 6.45) is 3.24. The number of methoxy groups -OCH3 is 3. The minimum absolute atomic E-state index is 0.00779. The van der Waals surface area contributed by atoms with Crippen molar-refractivity contribution in [3.8, 4) is 17.2 Å². The lowest BCUT2D eigenvalue weighted by Crippen LogP contribution is -2.29. The van der Waals surface area contributed by atoms with Crippen LogP contribution in [-0.4, -0.2) is 48.0 Å². The molecule has 8 heteroatoms. The van der Waals surface area contributed by atoms with Gasteiger partial charge in [0, 0.05) is 24.5 Å². The van der Waals surface area contributed by atoms with Crippen molar-refractivity contribution in [2.75, 3.05) is 21.3 Å². The molecule has 1 amide bonds. The zero-order valence-corrected chi connectivity index (χ0v) is 20.9. The highest BCUT2D eigenvalue weighted by molar-refractivity contribution is 6.46. The van der Waals surface area contributed by atoms with Crippen LogP contribution in [0.3, 0.4) is 0 Å². The van der Waals surface area contributed by atoms with Crippen molar-refractivity contribution >= 4 is 17.4 Å². The highest BCUT2D eigenvalue weighted by atomic mass is 16.5. The normalized spacial score (nSPS) is 16.8. The standard InChI is InChI=1S/C28H28N2O6/c1-16-6-7-19(12-17(16)2)25(31)23-24(20-13-21(34-3)27(36-5)22(14-20)35-4)30(28(33)26(23)32)15-18-8-10-29-11-9-18/h6-14,24,31H,15H2,1-5H3/b25-23+. The van der Waals surface area contributed by atoms with E-state index in [9.17, 15) is 14.7 Å². The van der Waals surface area contributed by atoms with Gasteiger partial charge in [-0.15, -0.1) is 0 Å². The van der Waals surface area contributed by atoms with Crippen LogP contribution < -0.4 is 14.2 Å². The number of amides is 1. The van der Waals surface area contributed by atoms with Gasteiger partial charge in [0.2, 0.25) is 5.75 Å². The van der Waals surface area contributed by atoms with Gasteiger partial charge in [0.25, 0.3) is 11.7 Å². The maximum absolute atomic E-state index is 13.4. The summed E-state index contributed by atoms with van der Waals surface area (Å²) in [6.45, 7) is 4.02. The average Bonchev–Trinajstić information content (AvgIpc) is 3.14. The minimum atomic E-state index is -0.895. The number of hydrogen-bond acceptors (Lipinski definition) is 7. The maximum Gasteiger partial charge on any atom is 0.295 e. The van der Waals surface area contributed by atoms with Crippen molar-refractivity contribution in [3.05, 3.63) is 88.2 Å². The molecule has 1 atom stereocenters. The number of pyridine rings is 1. The first-order chi connectivity index (χ1) is 17.3. The van der Waals surface area contributed by atoms with Crippen LogP contribution in [0.5, 0.6) is 17.2 Å². The molecule has 0 spiro atoms. The molecule has 0 saturated carbocycles. The lowest BCUT2D eigenvalue weighted by Gasteiger charge is -2.26. The Kier molecular flexibility index (Phi) is 6.96. The topological polar surface area (TPSA) is 98.2 Å². The minimum Gasteiger partial charge on any atom is -0.507 e. The van der Waals surface area contributed by atoms with E-state index in [0.717, 1.165) is 16.7 Å². The highest BCUT2D eigenvalue weighted by Crippen LogP contribution is 2.46. The SMILES string of the molecule is COc1cc(C2/C(=C(\O)c3ccc(C)c(C)c3)C(=O)C(=O)N2Cc2ccncc2)cc(OC)c1OC. The predicted molar refractivity (Wildman–Crippen MR) is 134 cm³/mol. The van der Waals surface area contributed by atoms with E-state index in [-0.39, 0.29) is 17.9 Å². The second-order valence-electron chi connectivity index (χ2n) is 8.54. The first-order valence-electron chi connectivity index (χ1n) is 11.4. The van der Waals surface area contributed by atoms with E-state index in [4.69, 9.17) is 14.2 Å². The summed E-state index contributed by atoms with van der Waals surface area (Å²) >= 11 is 0. The van der Waals surface area contributed by atoms with Gasteiger partial charge in [-0.3, -0.25) is 14.6 Å². The maximum atomic E-state index is 13.4. The Morgan fingerprint density at radius 3 is 2.11 bits per heavy atom. The molecule has 0 bridgehead atoms. The van der Waals surface area contributed by atoms with Crippen LogP contribution in [0, 0.1) is 13.8 Å². The molecule has 1 aliphatic heterocycles. The summed E-state index contributed by atoms with van der Waals surface area (Å²) in [7, 11) is 4.48. The molecule has 1 unspecified atom stereocenters. The summed E-state index contributed by atoms with van der Waals surface area (Å²) in [6, 6.07) is 11.4. The second kappa shape index (κ2) is 10.1. The lowest BCUT2D eigenvalue weighted by molar-refractivity contribution is -0.140. The molecule has 2 aromatic carbocycles. The summed E-state index contributed by atoms with van der Waals surface area (Å²) in [5, 5.41) is 11.4. The van der Waals surface area contributed by atoms with Crippen LogP contribution in [-0.2, 0) is 16.1 Å². The van der Waals surface area contributed by atoms with Crippen molar-refractivity contribution in [1.29, 1.82) is 0 Å². The number of carbonyl (C=O) groups is 2. The molecule has 4 rings (SSSR count). The fraction of sp³-hybridized carbons (Fsp3) is 0.250. The molecule has 0 radical (unpaired) electrons. The fourth-order valence-electron chi connectivity index (χ4n) is 4.38. The number of nitrogens with zero attached hydrogens (tertiary/aromatic N) is 2. The molecule has 36 heavy (non-hydrogen) atoms. The Morgan fingerprint density at radius 1 is 0.917 bits per heavy atom. The number of hydrogen-bond donors (Lipinski definition) is 1. The fourth-order valence-corrected chi connectivity index (χ4v) is 4.38. The third kappa shape index (κ3) is 4.37. The van der Waals surface area contributed by atoms with Crippen LogP contribution >= 0.6 is 0 Å². The monoisotopic (exact) mass is 488 g/mol. The molecule has 0 aliphatic carbocycles. The molecular weight excluding hydrogens is 460 g/mol. The zero-order valence-electron chi connectivity index (χ0n) is 20.9. The number of ketones is 1. The Morgan fingerprint density at radius 2 is 1.56 bits per heavy atom. The van der Waals surface area contributed by atoms with E-state index in [1.54, 1.807) is 48.8 Å². The molecule has 3 aromatic rings. The van der Waals surface area contributed by atoms with Crippen molar-refractivity contribution < 1.29 is 28.9 Å². The van der Waals surface area contributed by atoms with Gasteiger partial charge in [-0.2, -0.15) is 0 Å². The van der Waals surface area contributed by atoms with Gasteiger partial charge in [-0.1, -0.05) is 12.1 Å². The number of benzene rings is 2. The number of aliphatic hydroxyl groups excluding tert-OH is 1. The zero-order chi connectivity index (χ0) is 26.0. The largest absolute Gasteiger partial charge is 0.507 e. The molecule has 1 aliphatic rings. The van der Waals surface area contributed by atoms with Crippen molar-refractivity contribution in [1.82, 2.24) is 9.88 Å². The Labute approximate surface area is 209 Å². The quantitative estimate of drug-likeness (QED) is 0.300. The number of rotatable bonds is 7. The number of likely N-dealkylation sites (tertiary alicyclic amines) is 1. The molecule has 1 aromatic heterocycles. The van der Waals surface area contributed by atoms with Crippen LogP contribution in [0.4, 0.5) is 0 Å². The van der Waals surface area contributed by atoms with E-state index < -0.39 is 17.7 Å². The van der Waals surface area contributed by atoms with Gasteiger partial charge in [-0.05, 0) is 66.4 Å². The van der Waals surface area contributed by atoms with Crippen molar-refractivity contribution in [2.24, 2.45) is 0 Å².